The molecule has 7 nitrogen and oxygen atoms in total. The Morgan fingerprint density at radius 1 is 1.16 bits per heavy atom. The van der Waals surface area contributed by atoms with E-state index in [1.54, 1.807) is 18.7 Å². The normalized spacial score (nSPS) is 12.0. The quantitative estimate of drug-likeness (QED) is 0.623. The summed E-state index contributed by atoms with van der Waals surface area (Å²) in [5, 5.41) is 11.0. The number of rotatable bonds is 7. The summed E-state index contributed by atoms with van der Waals surface area (Å²) in [5.74, 6) is 3.05. The summed E-state index contributed by atoms with van der Waals surface area (Å²) in [4.78, 5) is 9.76. The van der Waals surface area contributed by atoms with Crippen molar-refractivity contribution in [1.82, 2.24) is 25.6 Å². The summed E-state index contributed by atoms with van der Waals surface area (Å²) in [6, 6.07) is 8.21. The Balaban J connectivity index is 0.00000225. The van der Waals surface area contributed by atoms with Crippen molar-refractivity contribution >= 4 is 24.2 Å². The number of benzene rings is 1. The first-order valence-corrected chi connectivity index (χ1v) is 8.65. The number of aromatic nitrogens is 4. The number of hydrogen-bond donors (Lipinski definition) is 1. The third-order valence-corrected chi connectivity index (χ3v) is 4.55. The maximum atomic E-state index is 5.44. The summed E-state index contributed by atoms with van der Waals surface area (Å²) in [7, 11) is 1.91. The Labute approximate surface area is 156 Å². The number of nitrogens with zero attached hydrogens (tertiary/aromatic N) is 4. The van der Waals surface area contributed by atoms with Crippen molar-refractivity contribution in [3.8, 4) is 11.5 Å². The average molecular weight is 382 g/mol. The Bertz CT molecular complexity index is 807. The van der Waals surface area contributed by atoms with Crippen LogP contribution in [0.25, 0.3) is 11.5 Å². The third-order valence-electron chi connectivity index (χ3n) is 3.49. The molecule has 1 unspecified atom stereocenters. The lowest BCUT2D eigenvalue weighted by molar-refractivity contribution is 0.387. The SMILES string of the molecule is CNC(C)Cc1noc(-c2ccccc2SCc2nc(C)no2)n1.Cl. The van der Waals surface area contributed by atoms with Crippen LogP contribution < -0.4 is 5.32 Å². The number of nitrogens with one attached hydrogen (secondary N) is 1. The molecule has 0 bridgehead atoms. The molecule has 25 heavy (non-hydrogen) atoms. The van der Waals surface area contributed by atoms with Gasteiger partial charge in [0.2, 0.25) is 5.89 Å². The molecule has 9 heteroatoms. The number of halogens is 1. The zero-order chi connectivity index (χ0) is 16.9. The van der Waals surface area contributed by atoms with E-state index >= 15 is 0 Å². The van der Waals surface area contributed by atoms with Crippen LogP contribution in [0.1, 0.15) is 24.5 Å². The van der Waals surface area contributed by atoms with Crippen LogP contribution in [-0.4, -0.2) is 33.4 Å². The van der Waals surface area contributed by atoms with Crippen molar-refractivity contribution in [2.24, 2.45) is 0 Å². The first kappa shape index (κ1) is 19.4. The van der Waals surface area contributed by atoms with Gasteiger partial charge in [0.15, 0.2) is 11.6 Å². The summed E-state index contributed by atoms with van der Waals surface area (Å²) < 4.78 is 10.6. The zero-order valence-electron chi connectivity index (χ0n) is 14.2. The van der Waals surface area contributed by atoms with Gasteiger partial charge in [0.25, 0.3) is 5.89 Å². The predicted octanol–water partition coefficient (Wildman–Crippen LogP) is 3.29. The first-order chi connectivity index (χ1) is 11.7. The van der Waals surface area contributed by atoms with Gasteiger partial charge < -0.3 is 14.4 Å². The lowest BCUT2D eigenvalue weighted by Crippen LogP contribution is -2.24. The van der Waals surface area contributed by atoms with E-state index in [9.17, 15) is 0 Å². The van der Waals surface area contributed by atoms with Crippen LogP contribution in [0.3, 0.4) is 0 Å². The molecule has 0 aliphatic heterocycles. The Hall–Kier alpha value is -1.90. The number of aryl methyl sites for hydroxylation is 1. The lowest BCUT2D eigenvalue weighted by atomic mass is 10.2. The highest BCUT2D eigenvalue weighted by Crippen LogP contribution is 2.32. The molecule has 2 aromatic heterocycles. The molecule has 3 rings (SSSR count). The van der Waals surface area contributed by atoms with Crippen LogP contribution in [0.4, 0.5) is 0 Å². The molecule has 1 aromatic carbocycles. The van der Waals surface area contributed by atoms with Crippen LogP contribution in [-0.2, 0) is 12.2 Å². The van der Waals surface area contributed by atoms with E-state index < -0.39 is 0 Å². The molecule has 0 saturated carbocycles. The molecule has 0 spiro atoms. The van der Waals surface area contributed by atoms with Gasteiger partial charge in [-0.25, -0.2) is 0 Å². The monoisotopic (exact) mass is 381 g/mol. The van der Waals surface area contributed by atoms with Crippen LogP contribution in [0, 0.1) is 6.92 Å². The highest BCUT2D eigenvalue weighted by molar-refractivity contribution is 7.98. The predicted molar refractivity (Wildman–Crippen MR) is 97.8 cm³/mol. The van der Waals surface area contributed by atoms with Crippen molar-refractivity contribution in [1.29, 1.82) is 0 Å². The van der Waals surface area contributed by atoms with E-state index in [0.717, 1.165) is 16.9 Å². The standard InChI is InChI=1S/C16H19N5O2S.ClH/c1-10(17-3)8-14-19-16(23-21-14)12-6-4-5-7-13(12)24-9-15-18-11(2)20-22-15;/h4-7,10,17H,8-9H2,1-3H3;1H. The maximum absolute atomic E-state index is 5.44. The maximum Gasteiger partial charge on any atom is 0.259 e. The minimum absolute atomic E-state index is 0. The van der Waals surface area contributed by atoms with Crippen LogP contribution in [0.2, 0.25) is 0 Å². The van der Waals surface area contributed by atoms with Gasteiger partial charge in [-0.05, 0) is 33.0 Å². The first-order valence-electron chi connectivity index (χ1n) is 7.67. The Morgan fingerprint density at radius 2 is 1.96 bits per heavy atom. The lowest BCUT2D eigenvalue weighted by Gasteiger charge is -2.05. The van der Waals surface area contributed by atoms with Gasteiger partial charge in [0.05, 0.1) is 11.3 Å². The van der Waals surface area contributed by atoms with Gasteiger partial charge in [-0.3, -0.25) is 0 Å². The molecule has 2 heterocycles. The Morgan fingerprint density at radius 3 is 2.68 bits per heavy atom. The highest BCUT2D eigenvalue weighted by atomic mass is 35.5. The molecule has 0 amide bonds. The molecular weight excluding hydrogens is 362 g/mol. The molecule has 3 aromatic rings. The van der Waals surface area contributed by atoms with E-state index in [-0.39, 0.29) is 12.4 Å². The average Bonchev–Trinajstić information content (AvgIpc) is 3.22. The molecule has 1 atom stereocenters. The number of likely N-dealkylation sites (N-methyl/N-ethyl adjacent to an activating group) is 1. The van der Waals surface area contributed by atoms with Gasteiger partial charge >= 0.3 is 0 Å². The second-order valence-electron chi connectivity index (χ2n) is 5.43. The molecule has 0 radical (unpaired) electrons. The smallest absolute Gasteiger partial charge is 0.259 e. The molecule has 0 saturated heterocycles. The van der Waals surface area contributed by atoms with Gasteiger partial charge in [0.1, 0.15) is 0 Å². The minimum atomic E-state index is 0. The number of hydrogen-bond acceptors (Lipinski definition) is 8. The van der Waals surface area contributed by atoms with E-state index in [2.05, 4.69) is 32.5 Å². The minimum Gasteiger partial charge on any atom is -0.338 e. The van der Waals surface area contributed by atoms with E-state index in [4.69, 9.17) is 9.05 Å². The molecule has 0 aliphatic carbocycles. The van der Waals surface area contributed by atoms with Crippen molar-refractivity contribution in [3.63, 3.8) is 0 Å². The fourth-order valence-electron chi connectivity index (χ4n) is 2.13. The van der Waals surface area contributed by atoms with Crippen molar-refractivity contribution in [2.75, 3.05) is 7.05 Å². The summed E-state index contributed by atoms with van der Waals surface area (Å²) in [6.45, 7) is 3.88. The molecule has 134 valence electrons. The van der Waals surface area contributed by atoms with E-state index in [1.165, 1.54) is 0 Å². The molecule has 0 aliphatic rings. The molecular formula is C16H20ClN5O2S. The summed E-state index contributed by atoms with van der Waals surface area (Å²) in [6.07, 6.45) is 0.719. The second kappa shape index (κ2) is 8.98. The topological polar surface area (TPSA) is 89.9 Å². The molecule has 1 N–H and O–H groups in total. The second-order valence-corrected chi connectivity index (χ2v) is 6.45. The summed E-state index contributed by atoms with van der Waals surface area (Å²) >= 11 is 1.60. The van der Waals surface area contributed by atoms with Crippen LogP contribution in [0.15, 0.2) is 38.2 Å². The van der Waals surface area contributed by atoms with Gasteiger partial charge in [-0.1, -0.05) is 22.4 Å². The Kier molecular flexibility index (Phi) is 6.98. The highest BCUT2D eigenvalue weighted by Gasteiger charge is 2.15. The van der Waals surface area contributed by atoms with Gasteiger partial charge in [-0.2, -0.15) is 9.97 Å². The van der Waals surface area contributed by atoms with Crippen molar-refractivity contribution in [2.45, 2.75) is 37.0 Å². The zero-order valence-corrected chi connectivity index (χ0v) is 15.9. The van der Waals surface area contributed by atoms with Crippen LogP contribution >= 0.6 is 24.2 Å². The van der Waals surface area contributed by atoms with E-state index in [1.807, 2.05) is 31.3 Å². The van der Waals surface area contributed by atoms with Crippen LogP contribution in [0.5, 0.6) is 0 Å². The van der Waals surface area contributed by atoms with Crippen molar-refractivity contribution < 1.29 is 9.05 Å². The fourth-order valence-corrected chi connectivity index (χ4v) is 3.01. The van der Waals surface area contributed by atoms with Crippen molar-refractivity contribution in [3.05, 3.63) is 41.8 Å². The molecule has 0 fully saturated rings. The largest absolute Gasteiger partial charge is 0.338 e. The third kappa shape index (κ3) is 5.04. The number of thioether (sulfide) groups is 1. The van der Waals surface area contributed by atoms with E-state index in [0.29, 0.717) is 35.2 Å². The summed E-state index contributed by atoms with van der Waals surface area (Å²) in [5.41, 5.74) is 0.912. The van der Waals surface area contributed by atoms with Gasteiger partial charge in [0, 0.05) is 17.4 Å². The fraction of sp³-hybridized carbons (Fsp3) is 0.375. The van der Waals surface area contributed by atoms with Gasteiger partial charge in [-0.15, -0.1) is 24.2 Å².